The molecule has 0 spiro atoms. The number of anilines is 1. The van der Waals surface area contributed by atoms with E-state index in [9.17, 15) is 0 Å². The van der Waals surface area contributed by atoms with E-state index in [0.29, 0.717) is 6.54 Å². The maximum atomic E-state index is 4.69. The van der Waals surface area contributed by atoms with Crippen LogP contribution in [0.5, 0.6) is 0 Å². The molecule has 6 nitrogen and oxygen atoms in total. The number of piperazine rings is 1. The largest absolute Gasteiger partial charge is 0.357 e. The van der Waals surface area contributed by atoms with Crippen molar-refractivity contribution in [2.75, 3.05) is 51.2 Å². The Morgan fingerprint density at radius 1 is 1.19 bits per heavy atom. The number of guanidine groups is 1. The van der Waals surface area contributed by atoms with Crippen LogP contribution in [0.2, 0.25) is 0 Å². The molecule has 1 aliphatic heterocycles. The van der Waals surface area contributed by atoms with Gasteiger partial charge in [0.1, 0.15) is 5.82 Å². The molecule has 0 aliphatic carbocycles. The molecule has 2 rings (SSSR count). The molecule has 2 N–H and O–H groups in total. The average Bonchev–Trinajstić information content (AvgIpc) is 2.64. The third-order valence-corrected chi connectivity index (χ3v) is 4.65. The van der Waals surface area contributed by atoms with Crippen molar-refractivity contribution in [2.24, 2.45) is 10.9 Å². The highest BCUT2D eigenvalue weighted by atomic mass is 15.3. The maximum absolute atomic E-state index is 4.69. The van der Waals surface area contributed by atoms with E-state index < -0.39 is 0 Å². The molecule has 0 bridgehead atoms. The third-order valence-electron chi connectivity index (χ3n) is 4.65. The van der Waals surface area contributed by atoms with Crippen molar-refractivity contribution in [3.8, 4) is 0 Å². The first kappa shape index (κ1) is 20.5. The minimum Gasteiger partial charge on any atom is -0.357 e. The number of hydrogen-bond acceptors (Lipinski definition) is 4. The van der Waals surface area contributed by atoms with Crippen molar-refractivity contribution >= 4 is 11.8 Å². The van der Waals surface area contributed by atoms with Crippen LogP contribution in [0.1, 0.15) is 39.2 Å². The zero-order valence-electron chi connectivity index (χ0n) is 17.0. The number of rotatable bonds is 8. The van der Waals surface area contributed by atoms with Gasteiger partial charge in [-0.15, -0.1) is 0 Å². The number of nitrogens with zero attached hydrogens (tertiary/aromatic N) is 4. The molecule has 1 aliphatic rings. The van der Waals surface area contributed by atoms with E-state index in [1.54, 1.807) is 0 Å². The van der Waals surface area contributed by atoms with Gasteiger partial charge in [-0.25, -0.2) is 9.98 Å². The minimum atomic E-state index is 0.648. The lowest BCUT2D eigenvalue weighted by Crippen LogP contribution is -2.44. The SMILES string of the molecule is CCNC(=NCc1ccc(N2CCN(C)CC2)nc1)NCCCC(C)C. The van der Waals surface area contributed by atoms with Gasteiger partial charge in [0.25, 0.3) is 0 Å². The van der Waals surface area contributed by atoms with Crippen molar-refractivity contribution in [2.45, 2.75) is 40.2 Å². The molecule has 1 aromatic heterocycles. The van der Waals surface area contributed by atoms with Crippen molar-refractivity contribution in [3.63, 3.8) is 0 Å². The molecule has 6 heteroatoms. The van der Waals surface area contributed by atoms with Gasteiger partial charge in [-0.3, -0.25) is 0 Å². The Morgan fingerprint density at radius 3 is 2.58 bits per heavy atom. The Bertz CT molecular complexity index is 532. The predicted octanol–water partition coefficient (Wildman–Crippen LogP) is 2.32. The lowest BCUT2D eigenvalue weighted by molar-refractivity contribution is 0.312. The second kappa shape index (κ2) is 11.0. The molecule has 1 saturated heterocycles. The quantitative estimate of drug-likeness (QED) is 0.423. The van der Waals surface area contributed by atoms with Gasteiger partial charge in [-0.2, -0.15) is 0 Å². The molecule has 0 atom stereocenters. The van der Waals surface area contributed by atoms with Gasteiger partial charge in [0.15, 0.2) is 5.96 Å². The highest BCUT2D eigenvalue weighted by Crippen LogP contribution is 2.14. The summed E-state index contributed by atoms with van der Waals surface area (Å²) in [7, 11) is 2.17. The fourth-order valence-corrected chi connectivity index (χ4v) is 2.96. The normalized spacial score (nSPS) is 16.2. The predicted molar refractivity (Wildman–Crippen MR) is 111 cm³/mol. The van der Waals surface area contributed by atoms with Crippen molar-refractivity contribution < 1.29 is 0 Å². The Morgan fingerprint density at radius 2 is 1.96 bits per heavy atom. The molecule has 0 saturated carbocycles. The van der Waals surface area contributed by atoms with Crippen LogP contribution in [-0.4, -0.2) is 62.2 Å². The van der Waals surface area contributed by atoms with E-state index in [-0.39, 0.29) is 0 Å². The van der Waals surface area contributed by atoms with Crippen molar-refractivity contribution in [1.82, 2.24) is 20.5 Å². The maximum Gasteiger partial charge on any atom is 0.191 e. The highest BCUT2D eigenvalue weighted by Gasteiger charge is 2.14. The standard InChI is InChI=1S/C20H36N6/c1-5-21-20(22-10-6-7-17(2)3)24-16-18-8-9-19(23-15-18)26-13-11-25(4)12-14-26/h8-9,15,17H,5-7,10-14,16H2,1-4H3,(H2,21,22,24). The number of hydrogen-bond donors (Lipinski definition) is 2. The van der Waals surface area contributed by atoms with Crippen LogP contribution in [0.3, 0.4) is 0 Å². The molecule has 0 amide bonds. The smallest absolute Gasteiger partial charge is 0.191 e. The summed E-state index contributed by atoms with van der Waals surface area (Å²) in [6.07, 6.45) is 4.37. The van der Waals surface area contributed by atoms with Crippen LogP contribution in [0.4, 0.5) is 5.82 Å². The summed E-state index contributed by atoms with van der Waals surface area (Å²) in [6, 6.07) is 4.27. The number of likely N-dealkylation sites (N-methyl/N-ethyl adjacent to an activating group) is 1. The first-order valence-corrected chi connectivity index (χ1v) is 9.99. The van der Waals surface area contributed by atoms with Crippen LogP contribution in [0, 0.1) is 5.92 Å². The van der Waals surface area contributed by atoms with E-state index >= 15 is 0 Å². The van der Waals surface area contributed by atoms with Crippen molar-refractivity contribution in [3.05, 3.63) is 23.9 Å². The highest BCUT2D eigenvalue weighted by molar-refractivity contribution is 5.79. The molecule has 0 unspecified atom stereocenters. The number of pyridine rings is 1. The monoisotopic (exact) mass is 360 g/mol. The van der Waals surface area contributed by atoms with Gasteiger partial charge in [0.2, 0.25) is 0 Å². The molecule has 0 radical (unpaired) electrons. The summed E-state index contributed by atoms with van der Waals surface area (Å²) in [5, 5.41) is 6.73. The fourth-order valence-electron chi connectivity index (χ4n) is 2.96. The first-order valence-electron chi connectivity index (χ1n) is 9.99. The van der Waals surface area contributed by atoms with Gasteiger partial charge >= 0.3 is 0 Å². The number of aromatic nitrogens is 1. The molecule has 2 heterocycles. The van der Waals surface area contributed by atoms with E-state index in [2.05, 4.69) is 70.4 Å². The summed E-state index contributed by atoms with van der Waals surface area (Å²) in [5.41, 5.74) is 1.14. The number of nitrogens with one attached hydrogen (secondary N) is 2. The molecule has 1 aromatic rings. The minimum absolute atomic E-state index is 0.648. The summed E-state index contributed by atoms with van der Waals surface area (Å²) in [5.74, 6) is 2.71. The molecular weight excluding hydrogens is 324 g/mol. The van der Waals surface area contributed by atoms with Crippen molar-refractivity contribution in [1.29, 1.82) is 0 Å². The van der Waals surface area contributed by atoms with Crippen LogP contribution in [-0.2, 0) is 6.54 Å². The van der Waals surface area contributed by atoms with E-state index in [0.717, 1.165) is 62.5 Å². The van der Waals surface area contributed by atoms with Crippen LogP contribution in [0.25, 0.3) is 0 Å². The molecule has 0 aromatic carbocycles. The second-order valence-electron chi connectivity index (χ2n) is 7.47. The fraction of sp³-hybridized carbons (Fsp3) is 0.700. The van der Waals surface area contributed by atoms with Gasteiger partial charge < -0.3 is 20.4 Å². The summed E-state index contributed by atoms with van der Waals surface area (Å²) < 4.78 is 0. The molecule has 26 heavy (non-hydrogen) atoms. The zero-order chi connectivity index (χ0) is 18.8. The van der Waals surface area contributed by atoms with E-state index in [1.807, 2.05) is 6.20 Å². The third kappa shape index (κ3) is 7.20. The van der Waals surface area contributed by atoms with Crippen LogP contribution < -0.4 is 15.5 Å². The summed E-state index contributed by atoms with van der Waals surface area (Å²) >= 11 is 0. The van der Waals surface area contributed by atoms with Gasteiger partial charge in [-0.1, -0.05) is 19.9 Å². The number of aliphatic imine (C=N–C) groups is 1. The Balaban J connectivity index is 1.84. The molecule has 146 valence electrons. The zero-order valence-corrected chi connectivity index (χ0v) is 17.0. The topological polar surface area (TPSA) is 55.8 Å². The lowest BCUT2D eigenvalue weighted by atomic mass is 10.1. The van der Waals surface area contributed by atoms with E-state index in [1.165, 1.54) is 12.8 Å². The summed E-state index contributed by atoms with van der Waals surface area (Å²) in [4.78, 5) is 14.0. The molecular formula is C20H36N6. The first-order chi connectivity index (χ1) is 12.6. The van der Waals surface area contributed by atoms with Gasteiger partial charge in [0.05, 0.1) is 6.54 Å². The Labute approximate surface area is 159 Å². The summed E-state index contributed by atoms with van der Waals surface area (Å²) in [6.45, 7) is 13.4. The average molecular weight is 361 g/mol. The van der Waals surface area contributed by atoms with Crippen LogP contribution in [0.15, 0.2) is 23.3 Å². The lowest BCUT2D eigenvalue weighted by Gasteiger charge is -2.33. The Kier molecular flexibility index (Phi) is 8.68. The Hall–Kier alpha value is -1.82. The second-order valence-corrected chi connectivity index (χ2v) is 7.47. The van der Waals surface area contributed by atoms with E-state index in [4.69, 9.17) is 0 Å². The van der Waals surface area contributed by atoms with Gasteiger partial charge in [0, 0.05) is 45.5 Å². The molecule has 1 fully saturated rings. The van der Waals surface area contributed by atoms with Crippen LogP contribution >= 0.6 is 0 Å². The van der Waals surface area contributed by atoms with Gasteiger partial charge in [-0.05, 0) is 44.4 Å².